The highest BCUT2D eigenvalue weighted by molar-refractivity contribution is 5.90. The Balaban J connectivity index is 1.70. The zero-order chi connectivity index (χ0) is 24.6. The lowest BCUT2D eigenvalue weighted by molar-refractivity contribution is -0.165. The second-order valence-electron chi connectivity index (χ2n) is 9.61. The summed E-state index contributed by atoms with van der Waals surface area (Å²) in [6.45, 7) is 8.85. The molecule has 10 nitrogen and oxygen atoms in total. The van der Waals surface area contributed by atoms with Crippen molar-refractivity contribution in [3.8, 4) is 0 Å². The molecule has 10 heteroatoms. The van der Waals surface area contributed by atoms with Crippen LogP contribution in [0.1, 0.15) is 52.1 Å². The molecule has 0 aromatic carbocycles. The van der Waals surface area contributed by atoms with E-state index in [0.717, 1.165) is 16.6 Å². The molecule has 188 valence electrons. The largest absolute Gasteiger partial charge is 0.383 e. The third kappa shape index (κ3) is 4.64. The van der Waals surface area contributed by atoms with E-state index in [2.05, 4.69) is 20.7 Å². The van der Waals surface area contributed by atoms with Gasteiger partial charge in [-0.25, -0.2) is 9.97 Å². The first-order chi connectivity index (χ1) is 16.2. The Morgan fingerprint density at radius 2 is 1.91 bits per heavy atom. The highest BCUT2D eigenvalue weighted by Crippen LogP contribution is 2.48. The molecule has 4 rings (SSSR count). The maximum Gasteiger partial charge on any atom is 0.227 e. The van der Waals surface area contributed by atoms with Gasteiger partial charge >= 0.3 is 0 Å². The standard InChI is InChI=1S/C24H37N5O5/c1-7-31-17(32-8-2)10-9-14-12-29(22-18(14)21(25)26-13-27-22)16-11-15(23(30)28(5)6)19-20(16)34-24(3,4)33-19/h12-13,15-17,19-20H,7-11H2,1-6H3,(H2,25,26,27)/t15-,16+,19+,20-/m0/s1. The van der Waals surface area contributed by atoms with Gasteiger partial charge in [0.05, 0.1) is 17.3 Å². The summed E-state index contributed by atoms with van der Waals surface area (Å²) in [7, 11) is 3.55. The number of rotatable bonds is 9. The van der Waals surface area contributed by atoms with Crippen molar-refractivity contribution >= 4 is 22.8 Å². The van der Waals surface area contributed by atoms with Crippen molar-refractivity contribution in [2.24, 2.45) is 5.92 Å². The Bertz CT molecular complexity index is 1020. The van der Waals surface area contributed by atoms with E-state index in [4.69, 9.17) is 24.7 Å². The van der Waals surface area contributed by atoms with Crippen LogP contribution in [0.3, 0.4) is 0 Å². The van der Waals surface area contributed by atoms with Gasteiger partial charge in [0.25, 0.3) is 0 Å². The Morgan fingerprint density at radius 1 is 1.24 bits per heavy atom. The number of aryl methyl sites for hydroxylation is 1. The fourth-order valence-corrected chi connectivity index (χ4v) is 5.29. The maximum atomic E-state index is 13.0. The lowest BCUT2D eigenvalue weighted by Gasteiger charge is -2.25. The van der Waals surface area contributed by atoms with Gasteiger partial charge in [0.15, 0.2) is 12.1 Å². The monoisotopic (exact) mass is 475 g/mol. The fraction of sp³-hybridized carbons (Fsp3) is 0.708. The summed E-state index contributed by atoms with van der Waals surface area (Å²) in [6, 6.07) is -0.124. The summed E-state index contributed by atoms with van der Waals surface area (Å²) in [5.41, 5.74) is 8.07. The predicted molar refractivity (Wildman–Crippen MR) is 127 cm³/mol. The zero-order valence-corrected chi connectivity index (χ0v) is 21.0. The number of anilines is 1. The number of fused-ring (bicyclic) bond motifs is 2. The molecule has 1 saturated carbocycles. The van der Waals surface area contributed by atoms with Crippen LogP contribution in [0.5, 0.6) is 0 Å². The molecule has 0 unspecified atom stereocenters. The molecule has 2 N–H and O–H groups in total. The third-order valence-corrected chi connectivity index (χ3v) is 6.62. The number of amides is 1. The number of nitrogens with two attached hydrogens (primary N) is 1. The minimum absolute atomic E-state index is 0.0425. The van der Waals surface area contributed by atoms with Gasteiger partial charge in [0.1, 0.15) is 30.0 Å². The van der Waals surface area contributed by atoms with Crippen LogP contribution in [0.4, 0.5) is 5.82 Å². The number of hydrogen-bond acceptors (Lipinski definition) is 8. The van der Waals surface area contributed by atoms with Crippen molar-refractivity contribution < 1.29 is 23.7 Å². The Hall–Kier alpha value is -2.27. The van der Waals surface area contributed by atoms with Gasteiger partial charge in [-0.3, -0.25) is 4.79 Å². The van der Waals surface area contributed by atoms with Crippen LogP contribution in [0.2, 0.25) is 0 Å². The molecule has 2 aromatic heterocycles. The summed E-state index contributed by atoms with van der Waals surface area (Å²) in [4.78, 5) is 23.4. The van der Waals surface area contributed by atoms with Crippen molar-refractivity contribution in [3.63, 3.8) is 0 Å². The highest BCUT2D eigenvalue weighted by Gasteiger charge is 2.57. The molecule has 1 aliphatic carbocycles. The van der Waals surface area contributed by atoms with Gasteiger partial charge < -0.3 is 34.1 Å². The minimum Gasteiger partial charge on any atom is -0.383 e. The van der Waals surface area contributed by atoms with E-state index in [-0.39, 0.29) is 36.4 Å². The van der Waals surface area contributed by atoms with Crippen molar-refractivity contribution in [1.82, 2.24) is 19.4 Å². The Morgan fingerprint density at radius 3 is 2.56 bits per heavy atom. The molecule has 3 heterocycles. The summed E-state index contributed by atoms with van der Waals surface area (Å²) in [5, 5.41) is 0.825. The van der Waals surface area contributed by atoms with E-state index in [1.54, 1.807) is 19.0 Å². The number of carbonyl (C=O) groups is 1. The second kappa shape index (κ2) is 9.77. The zero-order valence-electron chi connectivity index (χ0n) is 21.0. The van der Waals surface area contributed by atoms with Gasteiger partial charge in [-0.05, 0) is 46.1 Å². The quantitative estimate of drug-likeness (QED) is 0.551. The van der Waals surface area contributed by atoms with E-state index < -0.39 is 5.79 Å². The molecule has 1 amide bonds. The number of nitrogen functional groups attached to an aromatic ring is 1. The number of carbonyl (C=O) groups excluding carboxylic acids is 1. The van der Waals surface area contributed by atoms with Gasteiger partial charge in [0, 0.05) is 39.9 Å². The summed E-state index contributed by atoms with van der Waals surface area (Å²) in [6.07, 6.45) is 4.63. The highest BCUT2D eigenvalue weighted by atomic mass is 16.8. The predicted octanol–water partition coefficient (Wildman–Crippen LogP) is 2.51. The lowest BCUT2D eigenvalue weighted by atomic mass is 10.0. The van der Waals surface area contributed by atoms with Crippen LogP contribution >= 0.6 is 0 Å². The van der Waals surface area contributed by atoms with Crippen LogP contribution < -0.4 is 5.73 Å². The molecule has 2 fully saturated rings. The minimum atomic E-state index is -0.763. The van der Waals surface area contributed by atoms with E-state index in [1.807, 2.05) is 27.7 Å². The maximum absolute atomic E-state index is 13.0. The van der Waals surface area contributed by atoms with Crippen LogP contribution in [0, 0.1) is 5.92 Å². The van der Waals surface area contributed by atoms with E-state index in [1.165, 1.54) is 6.33 Å². The molecule has 4 atom stereocenters. The van der Waals surface area contributed by atoms with E-state index in [0.29, 0.717) is 38.3 Å². The van der Waals surface area contributed by atoms with Gasteiger partial charge in [-0.2, -0.15) is 0 Å². The Kier molecular flexibility index (Phi) is 7.14. The number of hydrogen-bond donors (Lipinski definition) is 1. The van der Waals surface area contributed by atoms with Crippen LogP contribution in [0.15, 0.2) is 12.5 Å². The number of ether oxygens (including phenoxy) is 4. The molecule has 0 radical (unpaired) electrons. The Labute approximate surface area is 200 Å². The first-order valence-electron chi connectivity index (χ1n) is 12.1. The molecule has 0 bridgehead atoms. The van der Waals surface area contributed by atoms with Gasteiger partial charge in [-0.1, -0.05) is 0 Å². The molecular weight excluding hydrogens is 438 g/mol. The van der Waals surface area contributed by atoms with Gasteiger partial charge in [0.2, 0.25) is 5.91 Å². The van der Waals surface area contributed by atoms with Crippen molar-refractivity contribution in [1.29, 1.82) is 0 Å². The van der Waals surface area contributed by atoms with Crippen LogP contribution in [-0.4, -0.2) is 76.9 Å². The fourth-order valence-electron chi connectivity index (χ4n) is 5.29. The average Bonchev–Trinajstić information content (AvgIpc) is 3.40. The van der Waals surface area contributed by atoms with Crippen molar-refractivity contribution in [2.75, 3.05) is 33.0 Å². The SMILES string of the molecule is CCOC(CCc1cn([C@@H]2C[C@H](C(=O)N(C)C)[C@H]3OC(C)(C)O[C@H]32)c2ncnc(N)c12)OCC. The van der Waals surface area contributed by atoms with Crippen LogP contribution in [0.25, 0.3) is 11.0 Å². The smallest absolute Gasteiger partial charge is 0.227 e. The molecule has 1 aliphatic heterocycles. The molecule has 0 spiro atoms. The normalized spacial score (nSPS) is 25.9. The molecule has 34 heavy (non-hydrogen) atoms. The molecule has 2 aliphatic rings. The lowest BCUT2D eigenvalue weighted by Crippen LogP contribution is -2.37. The van der Waals surface area contributed by atoms with Crippen molar-refractivity contribution in [2.45, 2.75) is 77.3 Å². The van der Waals surface area contributed by atoms with Gasteiger partial charge in [-0.15, -0.1) is 0 Å². The van der Waals surface area contributed by atoms with E-state index in [9.17, 15) is 4.79 Å². The summed E-state index contributed by atoms with van der Waals surface area (Å²) < 4.78 is 26.1. The average molecular weight is 476 g/mol. The molecular formula is C24H37N5O5. The van der Waals surface area contributed by atoms with Crippen LogP contribution in [-0.2, 0) is 30.2 Å². The number of nitrogens with zero attached hydrogens (tertiary/aromatic N) is 4. The van der Waals surface area contributed by atoms with Crippen molar-refractivity contribution in [3.05, 3.63) is 18.1 Å². The van der Waals surface area contributed by atoms with E-state index >= 15 is 0 Å². The summed E-state index contributed by atoms with van der Waals surface area (Å²) >= 11 is 0. The first-order valence-corrected chi connectivity index (χ1v) is 12.1. The third-order valence-electron chi connectivity index (χ3n) is 6.62. The second-order valence-corrected chi connectivity index (χ2v) is 9.61. The first kappa shape index (κ1) is 24.8. The molecule has 2 aromatic rings. The summed E-state index contributed by atoms with van der Waals surface area (Å²) in [5.74, 6) is -0.587. The molecule has 1 saturated heterocycles. The topological polar surface area (TPSA) is 114 Å². The number of aromatic nitrogens is 3.